The maximum absolute atomic E-state index is 12.2. The molecular formula is C17H18ClN3O4. The Kier molecular flexibility index (Phi) is 5.23. The lowest BCUT2D eigenvalue weighted by atomic mass is 10.0. The van der Waals surface area contributed by atoms with Crippen molar-refractivity contribution in [1.82, 2.24) is 15.1 Å². The van der Waals surface area contributed by atoms with Crippen molar-refractivity contribution in [2.24, 2.45) is 5.92 Å². The highest BCUT2D eigenvalue weighted by atomic mass is 35.5. The second-order valence-electron chi connectivity index (χ2n) is 5.93. The number of nitrogens with zero attached hydrogens (tertiary/aromatic N) is 2. The number of halogens is 1. The van der Waals surface area contributed by atoms with Crippen LogP contribution in [0.3, 0.4) is 0 Å². The first-order valence-corrected chi connectivity index (χ1v) is 8.39. The molecule has 132 valence electrons. The number of aromatic hydroxyl groups is 1. The van der Waals surface area contributed by atoms with Crippen molar-refractivity contribution in [3.05, 3.63) is 41.2 Å². The molecule has 1 fully saturated rings. The van der Waals surface area contributed by atoms with E-state index in [2.05, 4.69) is 10.4 Å². The monoisotopic (exact) mass is 363 g/mol. The van der Waals surface area contributed by atoms with Gasteiger partial charge in [-0.25, -0.2) is 9.48 Å². The summed E-state index contributed by atoms with van der Waals surface area (Å²) in [6, 6.07) is 6.88. The van der Waals surface area contributed by atoms with Crippen LogP contribution in [0.4, 0.5) is 0 Å². The molecule has 1 aliphatic rings. The van der Waals surface area contributed by atoms with Gasteiger partial charge in [0.05, 0.1) is 18.5 Å². The quantitative estimate of drug-likeness (QED) is 0.813. The molecule has 0 spiro atoms. The van der Waals surface area contributed by atoms with Crippen LogP contribution in [-0.2, 0) is 9.53 Å². The minimum Gasteiger partial charge on any atom is -0.504 e. The molecule has 1 aromatic carbocycles. The summed E-state index contributed by atoms with van der Waals surface area (Å²) in [5.41, 5.74) is 0.470. The number of carbonyl (C=O) groups is 2. The Balaban J connectivity index is 1.65. The van der Waals surface area contributed by atoms with Crippen molar-refractivity contribution >= 4 is 23.5 Å². The number of carbonyl (C=O) groups excluding carboxylic acids is 2. The smallest absolute Gasteiger partial charge is 0.362 e. The molecule has 2 aromatic rings. The summed E-state index contributed by atoms with van der Waals surface area (Å²) < 4.78 is 6.64. The number of hydrogen-bond acceptors (Lipinski definition) is 5. The molecule has 25 heavy (non-hydrogen) atoms. The molecular weight excluding hydrogens is 346 g/mol. The summed E-state index contributed by atoms with van der Waals surface area (Å²) in [6.07, 6.45) is 3.18. The molecule has 1 amide bonds. The molecule has 1 aromatic heterocycles. The van der Waals surface area contributed by atoms with Crippen molar-refractivity contribution in [3.63, 3.8) is 0 Å². The minimum absolute atomic E-state index is 0.0201. The lowest BCUT2D eigenvalue weighted by molar-refractivity contribution is -0.120. The largest absolute Gasteiger partial charge is 0.504 e. The van der Waals surface area contributed by atoms with E-state index in [0.717, 1.165) is 6.42 Å². The van der Waals surface area contributed by atoms with Gasteiger partial charge in [-0.15, -0.1) is 0 Å². The number of amides is 1. The molecule has 1 atom stereocenters. The van der Waals surface area contributed by atoms with E-state index in [-0.39, 0.29) is 29.9 Å². The van der Waals surface area contributed by atoms with Crippen LogP contribution in [-0.4, -0.2) is 39.9 Å². The van der Waals surface area contributed by atoms with Crippen LogP contribution in [0.1, 0.15) is 29.8 Å². The van der Waals surface area contributed by atoms with Crippen molar-refractivity contribution in [2.45, 2.75) is 19.3 Å². The first kappa shape index (κ1) is 17.3. The summed E-state index contributed by atoms with van der Waals surface area (Å²) >= 11 is 5.94. The molecule has 2 heterocycles. The Morgan fingerprint density at radius 2 is 2.28 bits per heavy atom. The number of aromatic nitrogens is 2. The van der Waals surface area contributed by atoms with Crippen LogP contribution in [0.5, 0.6) is 5.75 Å². The highest BCUT2D eigenvalue weighted by Crippen LogP contribution is 2.22. The zero-order chi connectivity index (χ0) is 17.8. The summed E-state index contributed by atoms with van der Waals surface area (Å²) in [6.45, 7) is 0.771. The van der Waals surface area contributed by atoms with Crippen molar-refractivity contribution in [1.29, 1.82) is 0 Å². The van der Waals surface area contributed by atoms with Crippen molar-refractivity contribution in [3.8, 4) is 11.4 Å². The van der Waals surface area contributed by atoms with Crippen LogP contribution < -0.4 is 5.32 Å². The molecule has 0 radical (unpaired) electrons. The predicted molar refractivity (Wildman–Crippen MR) is 90.9 cm³/mol. The number of esters is 1. The number of benzene rings is 1. The van der Waals surface area contributed by atoms with Gasteiger partial charge in [-0.1, -0.05) is 17.7 Å². The second-order valence-corrected chi connectivity index (χ2v) is 6.37. The summed E-state index contributed by atoms with van der Waals surface area (Å²) in [5.74, 6) is -0.823. The van der Waals surface area contributed by atoms with Crippen LogP contribution in [0, 0.1) is 5.92 Å². The SMILES string of the molecule is O=C1CCC(COC(=O)c2nn(-c3cccc(Cl)c3)cc2O)CCN1. The molecule has 1 saturated heterocycles. The summed E-state index contributed by atoms with van der Waals surface area (Å²) in [7, 11) is 0. The zero-order valence-corrected chi connectivity index (χ0v) is 14.2. The standard InChI is InChI=1S/C17H18ClN3O4/c18-12-2-1-3-13(8-12)21-9-14(22)16(20-21)17(24)25-10-11-4-5-15(23)19-7-6-11/h1-3,8-9,11,22H,4-7,10H2,(H,19,23). The summed E-state index contributed by atoms with van der Waals surface area (Å²) in [5, 5.41) is 17.4. The molecule has 7 nitrogen and oxygen atoms in total. The number of hydrogen-bond donors (Lipinski definition) is 2. The molecule has 0 aliphatic carbocycles. The average molecular weight is 364 g/mol. The lowest BCUT2D eigenvalue weighted by Gasteiger charge is -2.12. The molecule has 3 rings (SSSR count). The number of ether oxygens (including phenoxy) is 1. The molecule has 0 bridgehead atoms. The van der Waals surface area contributed by atoms with Gasteiger partial charge in [0.1, 0.15) is 0 Å². The van der Waals surface area contributed by atoms with Gasteiger partial charge in [-0.2, -0.15) is 5.10 Å². The third kappa shape index (κ3) is 4.30. The minimum atomic E-state index is -0.693. The zero-order valence-electron chi connectivity index (χ0n) is 13.4. The third-order valence-electron chi connectivity index (χ3n) is 4.07. The van der Waals surface area contributed by atoms with Gasteiger partial charge in [0.25, 0.3) is 0 Å². The highest BCUT2D eigenvalue weighted by molar-refractivity contribution is 6.30. The molecule has 1 unspecified atom stereocenters. The maximum atomic E-state index is 12.2. The second kappa shape index (κ2) is 7.57. The Bertz CT molecular complexity index is 790. The van der Waals surface area contributed by atoms with Crippen LogP contribution in [0.15, 0.2) is 30.5 Å². The van der Waals surface area contributed by atoms with Gasteiger partial charge in [-0.05, 0) is 37.0 Å². The van der Waals surface area contributed by atoms with E-state index in [1.165, 1.54) is 10.9 Å². The Morgan fingerprint density at radius 3 is 3.08 bits per heavy atom. The third-order valence-corrected chi connectivity index (χ3v) is 4.30. The van der Waals surface area contributed by atoms with Gasteiger partial charge in [0.2, 0.25) is 11.6 Å². The fraction of sp³-hybridized carbons (Fsp3) is 0.353. The Morgan fingerprint density at radius 1 is 1.44 bits per heavy atom. The van der Waals surface area contributed by atoms with Crippen LogP contribution in [0.2, 0.25) is 5.02 Å². The van der Waals surface area contributed by atoms with E-state index in [1.807, 2.05) is 0 Å². The van der Waals surface area contributed by atoms with E-state index in [4.69, 9.17) is 16.3 Å². The first-order chi connectivity index (χ1) is 12.0. The average Bonchev–Trinajstić information content (AvgIpc) is 2.86. The van der Waals surface area contributed by atoms with E-state index in [0.29, 0.717) is 30.1 Å². The van der Waals surface area contributed by atoms with Crippen LogP contribution in [0.25, 0.3) is 5.69 Å². The highest BCUT2D eigenvalue weighted by Gasteiger charge is 2.22. The maximum Gasteiger partial charge on any atom is 0.362 e. The molecule has 8 heteroatoms. The van der Waals surface area contributed by atoms with Crippen molar-refractivity contribution in [2.75, 3.05) is 13.2 Å². The van der Waals surface area contributed by atoms with E-state index >= 15 is 0 Å². The van der Waals surface area contributed by atoms with Gasteiger partial charge >= 0.3 is 5.97 Å². The van der Waals surface area contributed by atoms with Gasteiger partial charge in [0, 0.05) is 18.0 Å². The topological polar surface area (TPSA) is 93.5 Å². The summed E-state index contributed by atoms with van der Waals surface area (Å²) in [4.78, 5) is 23.5. The fourth-order valence-electron chi connectivity index (χ4n) is 2.67. The normalized spacial score (nSPS) is 17.6. The van der Waals surface area contributed by atoms with E-state index < -0.39 is 5.97 Å². The lowest BCUT2D eigenvalue weighted by Crippen LogP contribution is -2.21. The van der Waals surface area contributed by atoms with Crippen molar-refractivity contribution < 1.29 is 19.4 Å². The fourth-order valence-corrected chi connectivity index (χ4v) is 2.86. The number of nitrogens with one attached hydrogen (secondary N) is 1. The molecule has 1 aliphatic heterocycles. The van der Waals surface area contributed by atoms with E-state index in [1.54, 1.807) is 24.3 Å². The van der Waals surface area contributed by atoms with Gasteiger partial charge in [-0.3, -0.25) is 4.79 Å². The van der Waals surface area contributed by atoms with Crippen LogP contribution >= 0.6 is 11.6 Å². The molecule has 0 saturated carbocycles. The predicted octanol–water partition coefficient (Wildman–Crippen LogP) is 2.30. The molecule has 2 N–H and O–H groups in total. The van der Waals surface area contributed by atoms with E-state index in [9.17, 15) is 14.7 Å². The Labute approximate surface area is 149 Å². The Hall–Kier alpha value is -2.54. The van der Waals surface area contributed by atoms with Gasteiger partial charge < -0.3 is 15.2 Å². The first-order valence-electron chi connectivity index (χ1n) is 8.01. The number of rotatable bonds is 4. The van der Waals surface area contributed by atoms with Gasteiger partial charge in [0.15, 0.2) is 5.75 Å².